The number of amides is 1. The number of nitrogens with one attached hydrogen (secondary N) is 1. The lowest BCUT2D eigenvalue weighted by Gasteiger charge is -2.25. The number of aromatic amines is 1. The summed E-state index contributed by atoms with van der Waals surface area (Å²) < 4.78 is 5.83. The zero-order valence-electron chi connectivity index (χ0n) is 20.8. The van der Waals surface area contributed by atoms with Crippen molar-refractivity contribution in [1.29, 1.82) is 0 Å². The van der Waals surface area contributed by atoms with Crippen LogP contribution in [-0.2, 0) is 4.79 Å². The molecular weight excluding hydrogens is 452 g/mol. The normalized spacial score (nSPS) is 13.2. The van der Waals surface area contributed by atoms with Gasteiger partial charge in [-0.25, -0.2) is 9.97 Å². The van der Waals surface area contributed by atoms with Crippen molar-refractivity contribution in [3.63, 3.8) is 0 Å². The van der Waals surface area contributed by atoms with Crippen molar-refractivity contribution in [1.82, 2.24) is 25.1 Å². The third-order valence-corrected chi connectivity index (χ3v) is 5.94. The number of H-pyrrole nitrogens is 1. The van der Waals surface area contributed by atoms with Crippen molar-refractivity contribution in [3.8, 4) is 22.8 Å². The Bertz CT molecular complexity index is 1310. The standard InChI is InChI=1S/C20H19N5O.C8H13NO/c1-12(2)19-22-18(21)16-17(24-25-20(16)23-19)13-8-10-15(11-9-13)26-14-6-4-3-5-7-14;1-2-8(10)9-6-4-3-5-7-9/h3-12H,1-2H3,(H3,21,22,23,24,25);2H,1,3-7H2. The highest BCUT2D eigenvalue weighted by Crippen LogP contribution is 2.31. The summed E-state index contributed by atoms with van der Waals surface area (Å²) in [4.78, 5) is 21.7. The van der Waals surface area contributed by atoms with Crippen LogP contribution in [0.15, 0.2) is 67.3 Å². The summed E-state index contributed by atoms with van der Waals surface area (Å²) in [5.74, 6) is 2.96. The maximum Gasteiger partial charge on any atom is 0.245 e. The van der Waals surface area contributed by atoms with Gasteiger partial charge >= 0.3 is 0 Å². The van der Waals surface area contributed by atoms with E-state index in [2.05, 4.69) is 26.7 Å². The average Bonchev–Trinajstić information content (AvgIpc) is 3.35. The Morgan fingerprint density at radius 3 is 2.33 bits per heavy atom. The van der Waals surface area contributed by atoms with Gasteiger partial charge in [0.1, 0.15) is 23.1 Å². The number of ether oxygens (including phenoxy) is 1. The van der Waals surface area contributed by atoms with Gasteiger partial charge in [-0.15, -0.1) is 0 Å². The van der Waals surface area contributed by atoms with Crippen LogP contribution in [0.1, 0.15) is 44.9 Å². The topological polar surface area (TPSA) is 110 Å². The van der Waals surface area contributed by atoms with Crippen LogP contribution in [0.5, 0.6) is 11.5 Å². The van der Waals surface area contributed by atoms with E-state index < -0.39 is 0 Å². The molecule has 8 heteroatoms. The molecular formula is C28H32N6O2. The Balaban J connectivity index is 0.000000256. The Morgan fingerprint density at radius 2 is 1.69 bits per heavy atom. The third-order valence-electron chi connectivity index (χ3n) is 5.94. The van der Waals surface area contributed by atoms with E-state index in [4.69, 9.17) is 10.5 Å². The van der Waals surface area contributed by atoms with Crippen LogP contribution in [0.2, 0.25) is 0 Å². The smallest absolute Gasteiger partial charge is 0.245 e. The molecule has 3 N–H and O–H groups in total. The van der Waals surface area contributed by atoms with Gasteiger partial charge in [-0.05, 0) is 61.7 Å². The summed E-state index contributed by atoms with van der Waals surface area (Å²) in [6, 6.07) is 17.4. The monoisotopic (exact) mass is 484 g/mol. The van der Waals surface area contributed by atoms with Gasteiger partial charge < -0.3 is 15.4 Å². The van der Waals surface area contributed by atoms with E-state index in [0.717, 1.165) is 54.1 Å². The Kier molecular flexibility index (Phi) is 7.95. The van der Waals surface area contributed by atoms with Crippen molar-refractivity contribution < 1.29 is 9.53 Å². The molecule has 36 heavy (non-hydrogen) atoms. The average molecular weight is 485 g/mol. The lowest BCUT2D eigenvalue weighted by molar-refractivity contribution is -0.126. The van der Waals surface area contributed by atoms with Crippen molar-refractivity contribution in [2.45, 2.75) is 39.0 Å². The molecule has 1 aliphatic rings. The molecule has 0 unspecified atom stereocenters. The van der Waals surface area contributed by atoms with Crippen LogP contribution in [-0.4, -0.2) is 44.1 Å². The second-order valence-electron chi connectivity index (χ2n) is 8.95. The first-order valence-electron chi connectivity index (χ1n) is 12.2. The van der Waals surface area contributed by atoms with E-state index in [9.17, 15) is 4.79 Å². The molecule has 4 aromatic rings. The van der Waals surface area contributed by atoms with Crippen molar-refractivity contribution in [2.24, 2.45) is 0 Å². The zero-order valence-corrected chi connectivity index (χ0v) is 20.8. The number of hydrogen-bond donors (Lipinski definition) is 2. The SMILES string of the molecule is C=CC(=O)N1CCCCC1.CC(C)c1nc(N)c2c(-c3ccc(Oc4ccccc4)cc3)[nH]nc2n1. The first-order valence-corrected chi connectivity index (χ1v) is 12.2. The molecule has 0 atom stereocenters. The van der Waals surface area contributed by atoms with Crippen LogP contribution < -0.4 is 10.5 Å². The maximum atomic E-state index is 11.0. The number of hydrogen-bond acceptors (Lipinski definition) is 6. The Hall–Kier alpha value is -4.20. The highest BCUT2D eigenvalue weighted by molar-refractivity contribution is 5.98. The van der Waals surface area contributed by atoms with Gasteiger partial charge in [0.25, 0.3) is 0 Å². The molecule has 8 nitrogen and oxygen atoms in total. The number of para-hydroxylation sites is 1. The number of piperidine rings is 1. The van der Waals surface area contributed by atoms with E-state index in [-0.39, 0.29) is 11.8 Å². The van der Waals surface area contributed by atoms with Gasteiger partial charge in [-0.3, -0.25) is 9.89 Å². The number of likely N-dealkylation sites (tertiary alicyclic amines) is 1. The van der Waals surface area contributed by atoms with Gasteiger partial charge in [0.2, 0.25) is 5.91 Å². The summed E-state index contributed by atoms with van der Waals surface area (Å²) in [6.07, 6.45) is 4.96. The van der Waals surface area contributed by atoms with Gasteiger partial charge in [-0.1, -0.05) is 38.6 Å². The molecule has 1 saturated heterocycles. The van der Waals surface area contributed by atoms with E-state index in [0.29, 0.717) is 17.3 Å². The quantitative estimate of drug-likeness (QED) is 0.352. The predicted molar refractivity (Wildman–Crippen MR) is 143 cm³/mol. The third kappa shape index (κ3) is 5.89. The molecule has 1 aliphatic heterocycles. The molecule has 0 radical (unpaired) electrons. The number of rotatable bonds is 5. The van der Waals surface area contributed by atoms with Crippen LogP contribution in [0.25, 0.3) is 22.3 Å². The lowest BCUT2D eigenvalue weighted by Crippen LogP contribution is -2.34. The molecule has 1 fully saturated rings. The predicted octanol–water partition coefficient (Wildman–Crippen LogP) is 5.70. The fourth-order valence-electron chi connectivity index (χ4n) is 3.99. The number of nitrogens with zero attached hydrogens (tertiary/aromatic N) is 4. The van der Waals surface area contributed by atoms with Crippen LogP contribution >= 0.6 is 0 Å². The molecule has 5 rings (SSSR count). The van der Waals surface area contributed by atoms with Gasteiger partial charge in [0.05, 0.1) is 11.1 Å². The number of fused-ring (bicyclic) bond motifs is 1. The zero-order chi connectivity index (χ0) is 25.5. The number of anilines is 1. The molecule has 1 amide bonds. The minimum absolute atomic E-state index is 0.0831. The maximum absolute atomic E-state index is 11.0. The first kappa shape index (κ1) is 24.9. The van der Waals surface area contributed by atoms with E-state index >= 15 is 0 Å². The van der Waals surface area contributed by atoms with Crippen molar-refractivity contribution in [2.75, 3.05) is 18.8 Å². The number of aromatic nitrogens is 4. The van der Waals surface area contributed by atoms with E-state index in [1.54, 1.807) is 0 Å². The number of nitrogen functional groups attached to an aromatic ring is 1. The summed E-state index contributed by atoms with van der Waals surface area (Å²) in [5, 5.41) is 8.08. The fourth-order valence-corrected chi connectivity index (χ4v) is 3.99. The fraction of sp³-hybridized carbons (Fsp3) is 0.286. The number of nitrogens with two attached hydrogens (primary N) is 1. The van der Waals surface area contributed by atoms with E-state index in [1.807, 2.05) is 73.3 Å². The summed E-state index contributed by atoms with van der Waals surface area (Å²) >= 11 is 0. The van der Waals surface area contributed by atoms with Crippen molar-refractivity contribution >= 4 is 22.8 Å². The van der Waals surface area contributed by atoms with Crippen LogP contribution in [0.4, 0.5) is 5.82 Å². The summed E-state index contributed by atoms with van der Waals surface area (Å²) in [6.45, 7) is 9.34. The van der Waals surface area contributed by atoms with E-state index in [1.165, 1.54) is 12.5 Å². The highest BCUT2D eigenvalue weighted by Gasteiger charge is 2.16. The minimum Gasteiger partial charge on any atom is -0.457 e. The lowest BCUT2D eigenvalue weighted by atomic mass is 10.1. The van der Waals surface area contributed by atoms with Crippen molar-refractivity contribution in [3.05, 3.63) is 73.1 Å². The molecule has 0 spiro atoms. The number of carbonyl (C=O) groups is 1. The minimum atomic E-state index is 0.0831. The summed E-state index contributed by atoms with van der Waals surface area (Å²) in [7, 11) is 0. The number of carbonyl (C=O) groups excluding carboxylic acids is 1. The Labute approximate surface area is 211 Å². The molecule has 0 aliphatic carbocycles. The molecule has 2 aromatic carbocycles. The molecule has 0 saturated carbocycles. The van der Waals surface area contributed by atoms with Gasteiger partial charge in [-0.2, -0.15) is 5.10 Å². The molecule has 2 aromatic heterocycles. The van der Waals surface area contributed by atoms with Gasteiger partial charge in [0.15, 0.2) is 5.65 Å². The second kappa shape index (κ2) is 11.5. The number of benzene rings is 2. The Morgan fingerprint density at radius 1 is 1.03 bits per heavy atom. The highest BCUT2D eigenvalue weighted by atomic mass is 16.5. The van der Waals surface area contributed by atoms with Crippen LogP contribution in [0.3, 0.4) is 0 Å². The van der Waals surface area contributed by atoms with Crippen LogP contribution in [0, 0.1) is 0 Å². The largest absolute Gasteiger partial charge is 0.457 e. The first-order chi connectivity index (χ1) is 17.5. The second-order valence-corrected chi connectivity index (χ2v) is 8.95. The molecule has 186 valence electrons. The molecule has 3 heterocycles. The van der Waals surface area contributed by atoms with Gasteiger partial charge in [0, 0.05) is 24.6 Å². The summed E-state index contributed by atoms with van der Waals surface area (Å²) in [5.41, 5.74) is 8.51. The molecule has 0 bridgehead atoms.